The predicted molar refractivity (Wildman–Crippen MR) is 78.5 cm³/mol. The number of amides is 2. The first kappa shape index (κ1) is 15.5. The van der Waals surface area contributed by atoms with Crippen LogP contribution < -0.4 is 16.8 Å². The smallest absolute Gasteiger partial charge is 0.254 e. The number of primary amides is 1. The molecule has 0 fully saturated rings. The van der Waals surface area contributed by atoms with Crippen LogP contribution in [0.2, 0.25) is 0 Å². The highest BCUT2D eigenvalue weighted by Gasteiger charge is 2.31. The highest BCUT2D eigenvalue weighted by atomic mass is 79.9. The van der Waals surface area contributed by atoms with Crippen LogP contribution in [0.3, 0.4) is 0 Å². The lowest BCUT2D eigenvalue weighted by atomic mass is 9.86. The number of carbonyl (C=O) groups is 2. The molecule has 0 aliphatic rings. The van der Waals surface area contributed by atoms with Crippen LogP contribution in [0.15, 0.2) is 22.7 Å². The number of rotatable bonds is 3. The summed E-state index contributed by atoms with van der Waals surface area (Å²) in [6.45, 7) is 5.48. The van der Waals surface area contributed by atoms with E-state index in [0.717, 1.165) is 4.47 Å². The Morgan fingerprint density at radius 3 is 2.37 bits per heavy atom. The molecule has 0 heterocycles. The number of nitrogens with two attached hydrogens (primary N) is 2. The SMILES string of the molecule is CC(C)(C)C(NC(=O)c1cc(Br)ccc1N)C(N)=O. The minimum atomic E-state index is -0.765. The van der Waals surface area contributed by atoms with Gasteiger partial charge < -0.3 is 16.8 Å². The van der Waals surface area contributed by atoms with Crippen LogP contribution in [-0.4, -0.2) is 17.9 Å². The van der Waals surface area contributed by atoms with E-state index >= 15 is 0 Å². The summed E-state index contributed by atoms with van der Waals surface area (Å²) >= 11 is 3.27. The maximum atomic E-state index is 12.2. The Kier molecular flexibility index (Phi) is 4.57. The van der Waals surface area contributed by atoms with E-state index < -0.39 is 23.3 Å². The number of nitrogens with one attached hydrogen (secondary N) is 1. The number of hydrogen-bond acceptors (Lipinski definition) is 3. The molecule has 5 nitrogen and oxygen atoms in total. The molecule has 1 aromatic carbocycles. The molecule has 1 atom stereocenters. The zero-order valence-electron chi connectivity index (χ0n) is 11.2. The first-order valence-corrected chi connectivity index (χ1v) is 6.57. The topological polar surface area (TPSA) is 98.2 Å². The molecule has 0 aliphatic carbocycles. The Labute approximate surface area is 120 Å². The third kappa shape index (κ3) is 3.96. The van der Waals surface area contributed by atoms with Crippen molar-refractivity contribution in [3.05, 3.63) is 28.2 Å². The molecule has 0 bridgehead atoms. The Hall–Kier alpha value is -1.56. The molecule has 0 saturated carbocycles. The molecule has 104 valence electrons. The normalized spacial score (nSPS) is 12.8. The number of hydrogen-bond donors (Lipinski definition) is 3. The standard InChI is InChI=1S/C13H18BrN3O2/c1-13(2,3)10(11(16)18)17-12(19)8-6-7(14)4-5-9(8)15/h4-6,10H,15H2,1-3H3,(H2,16,18)(H,17,19). The molecule has 2 amide bonds. The summed E-state index contributed by atoms with van der Waals surface area (Å²) in [7, 11) is 0. The number of anilines is 1. The Balaban J connectivity index is 3.01. The first-order chi connectivity index (χ1) is 8.62. The van der Waals surface area contributed by atoms with E-state index in [0.29, 0.717) is 11.3 Å². The predicted octanol–water partition coefficient (Wildman–Crippen LogP) is 1.66. The van der Waals surface area contributed by atoms with Crippen LogP contribution in [0.5, 0.6) is 0 Å². The van der Waals surface area contributed by atoms with Crippen molar-refractivity contribution in [2.24, 2.45) is 11.1 Å². The van der Waals surface area contributed by atoms with Crippen LogP contribution in [0.1, 0.15) is 31.1 Å². The average Bonchev–Trinajstić information content (AvgIpc) is 2.26. The molecule has 6 heteroatoms. The average molecular weight is 328 g/mol. The van der Waals surface area contributed by atoms with Gasteiger partial charge in [-0.05, 0) is 23.6 Å². The number of nitrogen functional groups attached to an aromatic ring is 1. The molecule has 1 aromatic rings. The Morgan fingerprint density at radius 2 is 1.89 bits per heavy atom. The van der Waals surface area contributed by atoms with Gasteiger partial charge in [-0.3, -0.25) is 9.59 Å². The number of carbonyl (C=O) groups excluding carboxylic acids is 2. The number of halogens is 1. The van der Waals surface area contributed by atoms with Gasteiger partial charge in [-0.15, -0.1) is 0 Å². The summed E-state index contributed by atoms with van der Waals surface area (Å²) < 4.78 is 0.734. The van der Waals surface area contributed by atoms with E-state index in [-0.39, 0.29) is 0 Å². The first-order valence-electron chi connectivity index (χ1n) is 5.78. The van der Waals surface area contributed by atoms with Crippen LogP contribution in [0.4, 0.5) is 5.69 Å². The van der Waals surface area contributed by atoms with Crippen LogP contribution >= 0.6 is 15.9 Å². The molecule has 0 aromatic heterocycles. The van der Waals surface area contributed by atoms with Crippen LogP contribution in [0, 0.1) is 5.41 Å². The molecule has 1 unspecified atom stereocenters. The second kappa shape index (κ2) is 5.61. The second-order valence-corrected chi connectivity index (χ2v) is 6.32. The summed E-state index contributed by atoms with van der Waals surface area (Å²) in [5.74, 6) is -0.994. The van der Waals surface area contributed by atoms with Gasteiger partial charge in [0.15, 0.2) is 0 Å². The summed E-state index contributed by atoms with van der Waals surface area (Å²) in [4.78, 5) is 23.6. The van der Waals surface area contributed by atoms with E-state index in [9.17, 15) is 9.59 Å². The van der Waals surface area contributed by atoms with Gasteiger partial charge in [0.2, 0.25) is 5.91 Å². The fraction of sp³-hybridized carbons (Fsp3) is 0.385. The van der Waals surface area contributed by atoms with Gasteiger partial charge in [0.25, 0.3) is 5.91 Å². The van der Waals surface area contributed by atoms with E-state index in [1.54, 1.807) is 18.2 Å². The van der Waals surface area contributed by atoms with Crippen molar-refractivity contribution in [1.82, 2.24) is 5.32 Å². The molecule has 19 heavy (non-hydrogen) atoms. The maximum Gasteiger partial charge on any atom is 0.254 e. The maximum absolute atomic E-state index is 12.2. The second-order valence-electron chi connectivity index (χ2n) is 5.41. The summed E-state index contributed by atoms with van der Waals surface area (Å²) in [6, 6.07) is 4.20. The lowest BCUT2D eigenvalue weighted by Crippen LogP contribution is -2.52. The molecule has 0 radical (unpaired) electrons. The fourth-order valence-corrected chi connectivity index (χ4v) is 2.01. The minimum Gasteiger partial charge on any atom is -0.398 e. The van der Waals surface area contributed by atoms with Gasteiger partial charge in [-0.25, -0.2) is 0 Å². The van der Waals surface area contributed by atoms with E-state index in [1.807, 2.05) is 20.8 Å². The van der Waals surface area contributed by atoms with Gasteiger partial charge in [0, 0.05) is 10.2 Å². The monoisotopic (exact) mass is 327 g/mol. The highest BCUT2D eigenvalue weighted by Crippen LogP contribution is 2.22. The summed E-state index contributed by atoms with van der Waals surface area (Å²) in [5.41, 5.74) is 11.3. The van der Waals surface area contributed by atoms with Crippen molar-refractivity contribution in [3.63, 3.8) is 0 Å². The lowest BCUT2D eigenvalue weighted by molar-refractivity contribution is -0.122. The fourth-order valence-electron chi connectivity index (χ4n) is 1.65. The van der Waals surface area contributed by atoms with E-state index in [1.165, 1.54) is 0 Å². The largest absolute Gasteiger partial charge is 0.398 e. The van der Waals surface area contributed by atoms with Crippen molar-refractivity contribution in [1.29, 1.82) is 0 Å². The Bertz CT molecular complexity index is 509. The van der Waals surface area contributed by atoms with Crippen molar-refractivity contribution < 1.29 is 9.59 Å². The van der Waals surface area contributed by atoms with E-state index in [4.69, 9.17) is 11.5 Å². The quantitative estimate of drug-likeness (QED) is 0.736. The third-order valence-corrected chi connectivity index (χ3v) is 3.18. The van der Waals surface area contributed by atoms with Gasteiger partial charge in [-0.2, -0.15) is 0 Å². The molecule has 0 spiro atoms. The highest BCUT2D eigenvalue weighted by molar-refractivity contribution is 9.10. The van der Waals surface area contributed by atoms with Gasteiger partial charge in [-0.1, -0.05) is 36.7 Å². The van der Waals surface area contributed by atoms with Gasteiger partial charge >= 0.3 is 0 Å². The molecular formula is C13H18BrN3O2. The molecule has 0 saturated heterocycles. The Morgan fingerprint density at radius 1 is 1.32 bits per heavy atom. The van der Waals surface area contributed by atoms with Crippen LogP contribution in [-0.2, 0) is 4.79 Å². The molecular weight excluding hydrogens is 310 g/mol. The van der Waals surface area contributed by atoms with Crippen LogP contribution in [0.25, 0.3) is 0 Å². The minimum absolute atomic E-state index is 0.310. The van der Waals surface area contributed by atoms with Gasteiger partial charge in [0.1, 0.15) is 6.04 Å². The van der Waals surface area contributed by atoms with Crippen molar-refractivity contribution in [2.45, 2.75) is 26.8 Å². The molecule has 0 aliphatic heterocycles. The summed E-state index contributed by atoms with van der Waals surface area (Å²) in [5, 5.41) is 2.63. The molecule has 5 N–H and O–H groups in total. The van der Waals surface area contributed by atoms with Crippen molar-refractivity contribution >= 4 is 33.4 Å². The zero-order chi connectivity index (χ0) is 14.8. The van der Waals surface area contributed by atoms with Crippen molar-refractivity contribution in [3.8, 4) is 0 Å². The lowest BCUT2D eigenvalue weighted by Gasteiger charge is -2.28. The summed E-state index contributed by atoms with van der Waals surface area (Å²) in [6.07, 6.45) is 0. The number of benzene rings is 1. The van der Waals surface area contributed by atoms with Crippen molar-refractivity contribution in [2.75, 3.05) is 5.73 Å². The van der Waals surface area contributed by atoms with Gasteiger partial charge in [0.05, 0.1) is 5.56 Å². The third-order valence-electron chi connectivity index (χ3n) is 2.69. The molecule has 1 rings (SSSR count). The van der Waals surface area contributed by atoms with E-state index in [2.05, 4.69) is 21.2 Å². The zero-order valence-corrected chi connectivity index (χ0v) is 12.7.